The largest absolute Gasteiger partial charge is 0.323 e. The molecule has 0 saturated carbocycles. The lowest BCUT2D eigenvalue weighted by Crippen LogP contribution is -2.11. The van der Waals surface area contributed by atoms with Crippen LogP contribution >= 0.6 is 23.4 Å². The minimum Gasteiger partial charge on any atom is -0.323 e. The first-order valence-electron chi connectivity index (χ1n) is 10.3. The molecule has 0 saturated heterocycles. The molecule has 33 heavy (non-hydrogen) atoms. The predicted molar refractivity (Wildman–Crippen MR) is 136 cm³/mol. The Bertz CT molecular complexity index is 1480. The van der Waals surface area contributed by atoms with Crippen molar-refractivity contribution in [3.63, 3.8) is 0 Å². The van der Waals surface area contributed by atoms with Gasteiger partial charge in [-0.15, -0.1) is 11.8 Å². The standard InChI is InChI=1S/C26H19ClN4OS/c27-20-11-9-17(10-12-20)22-13-14-28-26(30-22)31-23-7-3-4-8-24(23)33-16-19-15-18-5-1-2-6-21(18)29-25(19)32/h1-15H,16H2,(H,29,32)(H,28,30,31). The molecule has 2 aromatic heterocycles. The summed E-state index contributed by atoms with van der Waals surface area (Å²) in [6.45, 7) is 0. The molecule has 0 atom stereocenters. The molecule has 0 aliphatic heterocycles. The molecule has 7 heteroatoms. The number of para-hydroxylation sites is 2. The van der Waals surface area contributed by atoms with Crippen molar-refractivity contribution in [2.75, 3.05) is 5.32 Å². The highest BCUT2D eigenvalue weighted by Crippen LogP contribution is 2.31. The number of aromatic nitrogens is 3. The van der Waals surface area contributed by atoms with E-state index in [9.17, 15) is 4.79 Å². The molecular formula is C26H19ClN4OS. The summed E-state index contributed by atoms with van der Waals surface area (Å²) < 4.78 is 0. The zero-order valence-electron chi connectivity index (χ0n) is 17.5. The fourth-order valence-electron chi connectivity index (χ4n) is 3.47. The van der Waals surface area contributed by atoms with Gasteiger partial charge in [-0.3, -0.25) is 4.79 Å². The number of H-pyrrole nitrogens is 1. The van der Waals surface area contributed by atoms with Crippen LogP contribution < -0.4 is 10.9 Å². The maximum atomic E-state index is 12.5. The summed E-state index contributed by atoms with van der Waals surface area (Å²) >= 11 is 7.59. The van der Waals surface area contributed by atoms with Crippen molar-refractivity contribution in [1.82, 2.24) is 15.0 Å². The Labute approximate surface area is 199 Å². The quantitative estimate of drug-likeness (QED) is 0.271. The number of nitrogens with zero attached hydrogens (tertiary/aromatic N) is 2. The maximum absolute atomic E-state index is 12.5. The first kappa shape index (κ1) is 21.2. The van der Waals surface area contributed by atoms with Gasteiger partial charge in [0, 0.05) is 38.5 Å². The first-order chi connectivity index (χ1) is 16.2. The molecule has 3 aromatic carbocycles. The van der Waals surface area contributed by atoms with Gasteiger partial charge in [0.05, 0.1) is 11.4 Å². The van der Waals surface area contributed by atoms with Crippen molar-refractivity contribution < 1.29 is 0 Å². The van der Waals surface area contributed by atoms with Gasteiger partial charge in [0.25, 0.3) is 5.56 Å². The van der Waals surface area contributed by atoms with E-state index in [0.717, 1.165) is 38.3 Å². The van der Waals surface area contributed by atoms with E-state index in [1.54, 1.807) is 18.0 Å². The highest BCUT2D eigenvalue weighted by atomic mass is 35.5. The summed E-state index contributed by atoms with van der Waals surface area (Å²) in [6.07, 6.45) is 1.73. The number of aromatic amines is 1. The molecule has 5 rings (SSSR count). The number of hydrogen-bond acceptors (Lipinski definition) is 5. The third-order valence-corrected chi connectivity index (χ3v) is 6.52. The molecule has 0 bridgehead atoms. The van der Waals surface area contributed by atoms with Gasteiger partial charge in [0.1, 0.15) is 0 Å². The van der Waals surface area contributed by atoms with Gasteiger partial charge in [0.2, 0.25) is 5.95 Å². The van der Waals surface area contributed by atoms with Crippen molar-refractivity contribution in [1.29, 1.82) is 0 Å². The molecule has 0 aliphatic carbocycles. The van der Waals surface area contributed by atoms with Gasteiger partial charge >= 0.3 is 0 Å². The lowest BCUT2D eigenvalue weighted by Gasteiger charge is -2.11. The van der Waals surface area contributed by atoms with Crippen LogP contribution in [0.1, 0.15) is 5.56 Å². The average Bonchev–Trinajstić information content (AvgIpc) is 2.84. The van der Waals surface area contributed by atoms with Crippen molar-refractivity contribution >= 4 is 45.9 Å². The third-order valence-electron chi connectivity index (χ3n) is 5.14. The second-order valence-corrected chi connectivity index (χ2v) is 8.85. The molecule has 0 fully saturated rings. The maximum Gasteiger partial charge on any atom is 0.252 e. The summed E-state index contributed by atoms with van der Waals surface area (Å²) in [6, 6.07) is 27.1. The second-order valence-electron chi connectivity index (χ2n) is 7.39. The van der Waals surface area contributed by atoms with E-state index in [2.05, 4.69) is 20.3 Å². The van der Waals surface area contributed by atoms with E-state index in [1.807, 2.05) is 84.9 Å². The molecule has 0 unspecified atom stereocenters. The molecule has 5 nitrogen and oxygen atoms in total. The summed E-state index contributed by atoms with van der Waals surface area (Å²) in [7, 11) is 0. The topological polar surface area (TPSA) is 70.7 Å². The number of nitrogens with one attached hydrogen (secondary N) is 2. The van der Waals surface area contributed by atoms with E-state index in [-0.39, 0.29) is 5.56 Å². The molecule has 2 N–H and O–H groups in total. The van der Waals surface area contributed by atoms with E-state index in [0.29, 0.717) is 16.7 Å². The molecule has 0 spiro atoms. The summed E-state index contributed by atoms with van der Waals surface area (Å²) in [5.74, 6) is 1.05. The number of pyridine rings is 1. The Hall–Kier alpha value is -3.61. The van der Waals surface area contributed by atoms with Crippen LogP contribution in [0.15, 0.2) is 101 Å². The molecule has 5 aromatic rings. The van der Waals surface area contributed by atoms with Crippen LogP contribution in [0.4, 0.5) is 11.6 Å². The normalized spacial score (nSPS) is 10.9. The minimum atomic E-state index is -0.0642. The van der Waals surface area contributed by atoms with Gasteiger partial charge in [-0.25, -0.2) is 9.97 Å². The number of hydrogen-bond donors (Lipinski definition) is 2. The molecule has 0 aliphatic rings. The zero-order valence-corrected chi connectivity index (χ0v) is 19.0. The van der Waals surface area contributed by atoms with E-state index < -0.39 is 0 Å². The number of benzene rings is 3. The Kier molecular flexibility index (Phi) is 6.11. The SMILES string of the molecule is O=c1[nH]c2ccccc2cc1CSc1ccccc1Nc1nccc(-c2ccc(Cl)cc2)n1. The highest BCUT2D eigenvalue weighted by Gasteiger charge is 2.09. The van der Waals surface area contributed by atoms with Crippen LogP contribution in [0.25, 0.3) is 22.2 Å². The average molecular weight is 471 g/mol. The number of rotatable bonds is 6. The monoisotopic (exact) mass is 470 g/mol. The summed E-state index contributed by atoms with van der Waals surface area (Å²) in [4.78, 5) is 25.5. The van der Waals surface area contributed by atoms with Crippen molar-refractivity contribution in [3.8, 4) is 11.3 Å². The lowest BCUT2D eigenvalue weighted by atomic mass is 10.1. The summed E-state index contributed by atoms with van der Waals surface area (Å²) in [5, 5.41) is 5.02. The van der Waals surface area contributed by atoms with Gasteiger partial charge < -0.3 is 10.3 Å². The Morgan fingerprint density at radius 2 is 1.73 bits per heavy atom. The number of fused-ring (bicyclic) bond motifs is 1. The van der Waals surface area contributed by atoms with Gasteiger partial charge in [-0.05, 0) is 47.9 Å². The van der Waals surface area contributed by atoms with Crippen LogP contribution in [0, 0.1) is 0 Å². The van der Waals surface area contributed by atoms with Gasteiger partial charge in [-0.2, -0.15) is 0 Å². The predicted octanol–water partition coefficient (Wildman–Crippen LogP) is 6.67. The van der Waals surface area contributed by atoms with Crippen LogP contribution in [-0.2, 0) is 5.75 Å². The molecule has 0 radical (unpaired) electrons. The fourth-order valence-corrected chi connectivity index (χ4v) is 4.57. The van der Waals surface area contributed by atoms with Gasteiger partial charge in [-0.1, -0.05) is 54.1 Å². The first-order valence-corrected chi connectivity index (χ1v) is 11.7. The van der Waals surface area contributed by atoms with E-state index in [4.69, 9.17) is 11.6 Å². The fraction of sp³-hybridized carbons (Fsp3) is 0.0385. The Morgan fingerprint density at radius 1 is 0.939 bits per heavy atom. The zero-order chi connectivity index (χ0) is 22.6. The summed E-state index contributed by atoms with van der Waals surface area (Å²) in [5.41, 5.74) is 4.16. The number of halogens is 1. The van der Waals surface area contributed by atoms with E-state index in [1.165, 1.54) is 0 Å². The van der Waals surface area contributed by atoms with Crippen LogP contribution in [-0.4, -0.2) is 15.0 Å². The van der Waals surface area contributed by atoms with Crippen molar-refractivity contribution in [2.24, 2.45) is 0 Å². The second kappa shape index (κ2) is 9.48. The number of anilines is 2. The van der Waals surface area contributed by atoms with Crippen molar-refractivity contribution in [3.05, 3.63) is 112 Å². The molecular weight excluding hydrogens is 452 g/mol. The molecule has 2 heterocycles. The third kappa shape index (κ3) is 4.92. The van der Waals surface area contributed by atoms with E-state index >= 15 is 0 Å². The van der Waals surface area contributed by atoms with Crippen LogP contribution in [0.2, 0.25) is 5.02 Å². The Morgan fingerprint density at radius 3 is 2.61 bits per heavy atom. The smallest absolute Gasteiger partial charge is 0.252 e. The lowest BCUT2D eigenvalue weighted by molar-refractivity contribution is 1.16. The van der Waals surface area contributed by atoms with Crippen molar-refractivity contribution in [2.45, 2.75) is 10.6 Å². The number of thioether (sulfide) groups is 1. The highest BCUT2D eigenvalue weighted by molar-refractivity contribution is 7.98. The van der Waals surface area contributed by atoms with Crippen LogP contribution in [0.3, 0.4) is 0 Å². The molecule has 0 amide bonds. The van der Waals surface area contributed by atoms with Crippen LogP contribution in [0.5, 0.6) is 0 Å². The van der Waals surface area contributed by atoms with Gasteiger partial charge in [0.15, 0.2) is 0 Å². The Balaban J connectivity index is 1.37. The minimum absolute atomic E-state index is 0.0642. The molecule has 162 valence electrons.